The van der Waals surface area contributed by atoms with Crippen molar-refractivity contribution >= 4 is 10.6 Å². The van der Waals surface area contributed by atoms with Gasteiger partial charge in [-0.1, -0.05) is 36.1 Å². The van der Waals surface area contributed by atoms with Crippen molar-refractivity contribution in [3.8, 4) is 17.6 Å². The molecule has 0 aliphatic carbocycles. The largest absolute Gasteiger partial charge is 0.502 e. The van der Waals surface area contributed by atoms with Crippen LogP contribution in [0.4, 0.5) is 0 Å². The molecule has 2 aromatic carbocycles. The van der Waals surface area contributed by atoms with Crippen molar-refractivity contribution in [3.63, 3.8) is 0 Å². The number of aromatic nitrogens is 2. The molecule has 0 bridgehead atoms. The second-order valence-electron chi connectivity index (χ2n) is 10.5. The second-order valence-corrected chi connectivity index (χ2v) is 12.8. The van der Waals surface area contributed by atoms with Crippen molar-refractivity contribution in [2.75, 3.05) is 44.4 Å². The maximum Gasteiger partial charge on any atom is 0.293 e. The summed E-state index contributed by atoms with van der Waals surface area (Å²) in [5.74, 6) is 6.77. The number of aromatic amines is 1. The minimum Gasteiger partial charge on any atom is -0.502 e. The summed E-state index contributed by atoms with van der Waals surface area (Å²) < 4.78 is 25.4. The summed E-state index contributed by atoms with van der Waals surface area (Å²) in [7, 11) is -2.51. The lowest BCUT2D eigenvalue weighted by Gasteiger charge is -2.26. The van der Waals surface area contributed by atoms with E-state index in [9.17, 15) is 19.0 Å². The molecule has 2 aliphatic heterocycles. The average molecular weight is 565 g/mol. The van der Waals surface area contributed by atoms with Gasteiger partial charge in [-0.3, -0.25) is 18.8 Å². The molecule has 2 atom stereocenters. The first-order chi connectivity index (χ1) is 19.3. The van der Waals surface area contributed by atoms with Crippen LogP contribution in [0.15, 0.2) is 59.7 Å². The predicted octanol–water partition coefficient (Wildman–Crippen LogP) is 3.15. The van der Waals surface area contributed by atoms with Crippen molar-refractivity contribution in [2.24, 2.45) is 0 Å². The Bertz CT molecular complexity index is 1390. The van der Waals surface area contributed by atoms with E-state index < -0.39 is 16.1 Å². The fourth-order valence-corrected chi connectivity index (χ4v) is 6.86. The number of morpholine rings is 1. The SMILES string of the molecule is O=c1[nH]cnc(C[C@H](CN[C@@H]2CCS(O)(O)C2)c2ccc(C#Cc3ccc(CN4CCOCC4)cc3)cc2)c1O. The third kappa shape index (κ3) is 7.73. The van der Waals surface area contributed by atoms with Gasteiger partial charge >= 0.3 is 0 Å². The molecule has 5 rings (SSSR count). The summed E-state index contributed by atoms with van der Waals surface area (Å²) in [6.45, 7) is 4.96. The number of aromatic hydroxyl groups is 1. The summed E-state index contributed by atoms with van der Waals surface area (Å²) in [6.07, 6.45) is 2.35. The molecule has 2 fully saturated rings. The van der Waals surface area contributed by atoms with E-state index >= 15 is 0 Å². The zero-order valence-electron chi connectivity index (χ0n) is 22.4. The van der Waals surface area contributed by atoms with Crippen molar-refractivity contribution in [3.05, 3.63) is 93.2 Å². The van der Waals surface area contributed by atoms with Gasteiger partial charge in [0.15, 0.2) is 0 Å². The number of nitrogens with zero attached hydrogens (tertiary/aromatic N) is 2. The molecule has 5 N–H and O–H groups in total. The average Bonchev–Trinajstić information content (AvgIpc) is 3.32. The minimum atomic E-state index is -2.51. The molecule has 0 amide bonds. The molecule has 0 unspecified atom stereocenters. The molecule has 2 saturated heterocycles. The lowest BCUT2D eigenvalue weighted by molar-refractivity contribution is 0.0342. The normalized spacial score (nSPS) is 20.4. The van der Waals surface area contributed by atoms with Crippen LogP contribution in [0.2, 0.25) is 0 Å². The van der Waals surface area contributed by atoms with Crippen LogP contribution in [0.1, 0.15) is 40.3 Å². The lowest BCUT2D eigenvalue weighted by Crippen LogP contribution is -2.35. The van der Waals surface area contributed by atoms with Gasteiger partial charge in [-0.25, -0.2) is 4.98 Å². The Morgan fingerprint density at radius 3 is 2.40 bits per heavy atom. The van der Waals surface area contributed by atoms with Gasteiger partial charge in [0.05, 0.1) is 31.0 Å². The predicted molar refractivity (Wildman–Crippen MR) is 157 cm³/mol. The molecule has 0 saturated carbocycles. The van der Waals surface area contributed by atoms with Crippen LogP contribution in [-0.4, -0.2) is 79.5 Å². The van der Waals surface area contributed by atoms with Gasteiger partial charge < -0.3 is 20.1 Å². The van der Waals surface area contributed by atoms with E-state index in [0.717, 1.165) is 49.5 Å². The molecular weight excluding hydrogens is 528 g/mol. The maximum absolute atomic E-state index is 11.9. The number of hydrogen-bond donors (Lipinski definition) is 5. The second kappa shape index (κ2) is 13.0. The molecule has 0 spiro atoms. The van der Waals surface area contributed by atoms with Gasteiger partial charge in [0, 0.05) is 61.4 Å². The highest BCUT2D eigenvalue weighted by Gasteiger charge is 2.29. The van der Waals surface area contributed by atoms with Gasteiger partial charge in [-0.15, -0.1) is 0 Å². The van der Waals surface area contributed by atoms with Gasteiger partial charge in [0.2, 0.25) is 5.75 Å². The van der Waals surface area contributed by atoms with Crippen molar-refractivity contribution in [1.82, 2.24) is 20.2 Å². The van der Waals surface area contributed by atoms with Gasteiger partial charge in [-0.05, 0) is 41.8 Å². The third-order valence-electron chi connectivity index (χ3n) is 7.46. The molecule has 40 heavy (non-hydrogen) atoms. The van der Waals surface area contributed by atoms with Crippen LogP contribution >= 0.6 is 10.6 Å². The summed E-state index contributed by atoms with van der Waals surface area (Å²) in [6, 6.07) is 16.3. The van der Waals surface area contributed by atoms with E-state index in [1.807, 2.05) is 24.3 Å². The van der Waals surface area contributed by atoms with Crippen LogP contribution in [0.3, 0.4) is 0 Å². The summed E-state index contributed by atoms with van der Waals surface area (Å²) in [4.78, 5) is 20.9. The molecular formula is C30H36N4O5S. The first-order valence-corrected chi connectivity index (χ1v) is 15.5. The number of H-pyrrole nitrogens is 1. The van der Waals surface area contributed by atoms with E-state index in [-0.39, 0.29) is 17.7 Å². The summed E-state index contributed by atoms with van der Waals surface area (Å²) in [5.41, 5.74) is 3.87. The van der Waals surface area contributed by atoms with Crippen molar-refractivity contribution in [2.45, 2.75) is 31.3 Å². The van der Waals surface area contributed by atoms with Crippen molar-refractivity contribution < 1.29 is 18.9 Å². The van der Waals surface area contributed by atoms with E-state index in [1.165, 1.54) is 11.9 Å². The molecule has 10 heteroatoms. The molecule has 9 nitrogen and oxygen atoms in total. The molecule has 212 valence electrons. The minimum absolute atomic E-state index is 0.0126. The number of benzene rings is 2. The highest BCUT2D eigenvalue weighted by molar-refractivity contribution is 8.24. The quantitative estimate of drug-likeness (QED) is 0.264. The van der Waals surface area contributed by atoms with E-state index in [0.29, 0.717) is 36.6 Å². The third-order valence-corrected chi connectivity index (χ3v) is 9.28. The molecule has 0 radical (unpaired) electrons. The smallest absolute Gasteiger partial charge is 0.293 e. The number of ether oxygens (including phenoxy) is 1. The van der Waals surface area contributed by atoms with Crippen LogP contribution in [0.25, 0.3) is 0 Å². The number of nitrogens with one attached hydrogen (secondary N) is 2. The molecule has 2 aliphatic rings. The molecule has 3 heterocycles. The standard InChI is InChI=1S/C30H36N4O5S/c35-29-28(32-21-33-30(29)36)17-26(18-31-27-11-16-40(37,38)20-27)25-9-7-23(8-10-25)2-1-22-3-5-24(6-4-22)19-34-12-14-39-15-13-34/h3-10,21,26-27,31,35,37-38H,11-20H2,(H,32,33,36)/t26-,27-/m1/s1. The topological polar surface area (TPSA) is 131 Å². The zero-order chi connectivity index (χ0) is 28.0. The summed E-state index contributed by atoms with van der Waals surface area (Å²) >= 11 is 0. The Hall–Kier alpha value is -3.17. The number of rotatable bonds is 8. The van der Waals surface area contributed by atoms with Crippen molar-refractivity contribution in [1.29, 1.82) is 0 Å². The maximum atomic E-state index is 11.9. The fourth-order valence-electron chi connectivity index (χ4n) is 5.10. The lowest BCUT2D eigenvalue weighted by atomic mass is 9.92. The van der Waals surface area contributed by atoms with Gasteiger partial charge in [-0.2, -0.15) is 10.6 Å². The Morgan fingerprint density at radius 1 is 1.07 bits per heavy atom. The summed E-state index contributed by atoms with van der Waals surface area (Å²) in [5, 5.41) is 13.7. The van der Waals surface area contributed by atoms with Gasteiger partial charge in [0.1, 0.15) is 0 Å². The highest BCUT2D eigenvalue weighted by Crippen LogP contribution is 2.45. The molecule has 3 aromatic rings. The van der Waals surface area contributed by atoms with E-state index in [2.05, 4.69) is 56.3 Å². The number of hydrogen-bond acceptors (Lipinski definition) is 8. The first kappa shape index (κ1) is 28.4. The zero-order valence-corrected chi connectivity index (χ0v) is 23.2. The van der Waals surface area contributed by atoms with Crippen LogP contribution in [0, 0.1) is 11.8 Å². The van der Waals surface area contributed by atoms with Gasteiger partial charge in [0.25, 0.3) is 5.56 Å². The Kier molecular flexibility index (Phi) is 9.22. The Labute approximate surface area is 236 Å². The fraction of sp³-hybridized carbons (Fsp3) is 0.400. The molecule has 1 aromatic heterocycles. The Balaban J connectivity index is 1.25. The first-order valence-electron chi connectivity index (χ1n) is 13.6. The monoisotopic (exact) mass is 564 g/mol. The van der Waals surface area contributed by atoms with E-state index in [1.54, 1.807) is 0 Å². The highest BCUT2D eigenvalue weighted by atomic mass is 32.3. The van der Waals surface area contributed by atoms with E-state index in [4.69, 9.17) is 4.74 Å². The van der Waals surface area contributed by atoms with Crippen LogP contribution in [0.5, 0.6) is 5.75 Å². The Morgan fingerprint density at radius 2 is 1.75 bits per heavy atom. The van der Waals surface area contributed by atoms with Crippen LogP contribution in [-0.2, 0) is 17.7 Å². The van der Waals surface area contributed by atoms with Crippen LogP contribution < -0.4 is 10.9 Å².